The Bertz CT molecular complexity index is 305. The predicted molar refractivity (Wildman–Crippen MR) is 48.2 cm³/mol. The molecule has 5 heteroatoms. The topological polar surface area (TPSA) is 40.5 Å². The number of hydrogen-bond donors (Lipinski definition) is 2. The fraction of sp³-hybridized carbons (Fsp3) is 0.400. The van der Waals surface area contributed by atoms with E-state index in [1.165, 1.54) is 12.1 Å². The molecule has 1 rings (SSSR count). The monoisotopic (exact) mass is 220 g/mol. The van der Waals surface area contributed by atoms with Crippen LogP contribution in [0, 0.1) is 0 Å². The lowest BCUT2D eigenvalue weighted by Crippen LogP contribution is -2.15. The molecule has 1 aromatic carbocycles. The molecule has 0 spiro atoms. The van der Waals surface area contributed by atoms with Crippen LogP contribution in [0.25, 0.3) is 0 Å². The summed E-state index contributed by atoms with van der Waals surface area (Å²) in [7, 11) is 0. The van der Waals surface area contributed by atoms with Gasteiger partial charge in [0.25, 0.3) is 0 Å². The van der Waals surface area contributed by atoms with E-state index >= 15 is 0 Å². The van der Waals surface area contributed by atoms with E-state index < -0.39 is 24.5 Å². The van der Waals surface area contributed by atoms with Gasteiger partial charge in [-0.3, -0.25) is 0 Å². The third-order valence-electron chi connectivity index (χ3n) is 1.96. The molecule has 0 fully saturated rings. The number of alkyl halides is 3. The molecule has 1 unspecified atom stereocenters. The van der Waals surface area contributed by atoms with Crippen LogP contribution in [0.5, 0.6) is 0 Å². The summed E-state index contributed by atoms with van der Waals surface area (Å²) in [6, 6.07) is 4.50. The molecule has 0 radical (unpaired) electrons. The molecule has 1 atom stereocenters. The van der Waals surface area contributed by atoms with E-state index in [0.29, 0.717) is 5.56 Å². The molecule has 0 aliphatic rings. The fourth-order valence-corrected chi connectivity index (χ4v) is 1.17. The first kappa shape index (κ1) is 12.0. The maximum absolute atomic E-state index is 12.2. The van der Waals surface area contributed by atoms with Crippen LogP contribution in [0.2, 0.25) is 0 Å². The average Bonchev–Trinajstić information content (AvgIpc) is 2.17. The minimum Gasteiger partial charge on any atom is -0.394 e. The average molecular weight is 220 g/mol. The van der Waals surface area contributed by atoms with Crippen LogP contribution < -0.4 is 0 Å². The van der Waals surface area contributed by atoms with Gasteiger partial charge in [-0.15, -0.1) is 0 Å². The van der Waals surface area contributed by atoms with Crippen molar-refractivity contribution in [3.8, 4) is 0 Å². The van der Waals surface area contributed by atoms with Crippen molar-refractivity contribution in [3.05, 3.63) is 35.4 Å². The van der Waals surface area contributed by atoms with Gasteiger partial charge in [0.1, 0.15) is 0 Å². The zero-order valence-electron chi connectivity index (χ0n) is 7.83. The first-order valence-corrected chi connectivity index (χ1v) is 4.38. The second-order valence-corrected chi connectivity index (χ2v) is 3.24. The van der Waals surface area contributed by atoms with Crippen molar-refractivity contribution in [1.29, 1.82) is 0 Å². The van der Waals surface area contributed by atoms with Crippen molar-refractivity contribution in [2.75, 3.05) is 6.61 Å². The molecular weight excluding hydrogens is 209 g/mol. The molecule has 2 N–H and O–H groups in total. The van der Waals surface area contributed by atoms with Gasteiger partial charge in [-0.05, 0) is 17.7 Å². The van der Waals surface area contributed by atoms with Crippen LogP contribution >= 0.6 is 0 Å². The highest BCUT2D eigenvalue weighted by Crippen LogP contribution is 2.29. The zero-order chi connectivity index (χ0) is 11.5. The van der Waals surface area contributed by atoms with Crippen molar-refractivity contribution >= 4 is 0 Å². The number of benzene rings is 1. The predicted octanol–water partition coefficient (Wildman–Crippen LogP) is 1.60. The summed E-state index contributed by atoms with van der Waals surface area (Å²) >= 11 is 0. The first-order chi connectivity index (χ1) is 6.93. The number of hydrogen-bond acceptors (Lipinski definition) is 2. The van der Waals surface area contributed by atoms with Gasteiger partial charge in [0.15, 0.2) is 0 Å². The number of aliphatic hydroxyl groups excluding tert-OH is 2. The lowest BCUT2D eigenvalue weighted by Gasteiger charge is -2.09. The third kappa shape index (κ3) is 3.53. The molecule has 0 bridgehead atoms. The Morgan fingerprint density at radius 2 is 1.67 bits per heavy atom. The number of rotatable bonds is 3. The minimum absolute atomic E-state index is 0.147. The van der Waals surface area contributed by atoms with Gasteiger partial charge < -0.3 is 10.2 Å². The zero-order valence-corrected chi connectivity index (χ0v) is 7.83. The van der Waals surface area contributed by atoms with Crippen molar-refractivity contribution in [1.82, 2.24) is 0 Å². The summed E-state index contributed by atoms with van der Waals surface area (Å²) in [5, 5.41) is 17.6. The van der Waals surface area contributed by atoms with Crippen LogP contribution in [-0.4, -0.2) is 22.9 Å². The summed E-state index contributed by atoms with van der Waals surface area (Å²) in [6.45, 7) is -0.402. The Morgan fingerprint density at radius 1 is 1.13 bits per heavy atom. The summed E-state index contributed by atoms with van der Waals surface area (Å²) in [6.07, 6.45) is -5.12. The van der Waals surface area contributed by atoms with Gasteiger partial charge in [-0.2, -0.15) is 13.2 Å². The molecule has 0 saturated heterocycles. The van der Waals surface area contributed by atoms with Crippen LogP contribution in [0.1, 0.15) is 11.1 Å². The van der Waals surface area contributed by atoms with Crippen LogP contribution in [-0.2, 0) is 12.6 Å². The molecule has 0 aliphatic heterocycles. The highest BCUT2D eigenvalue weighted by Gasteiger charge is 2.29. The van der Waals surface area contributed by atoms with Gasteiger partial charge in [0.05, 0.1) is 18.3 Å². The number of halogens is 3. The van der Waals surface area contributed by atoms with E-state index in [1.54, 1.807) is 0 Å². The van der Waals surface area contributed by atoms with Crippen LogP contribution in [0.3, 0.4) is 0 Å². The van der Waals surface area contributed by atoms with Crippen molar-refractivity contribution < 1.29 is 23.4 Å². The highest BCUT2D eigenvalue weighted by molar-refractivity contribution is 5.24. The molecule has 84 valence electrons. The van der Waals surface area contributed by atoms with Crippen LogP contribution in [0.4, 0.5) is 13.2 Å². The summed E-state index contributed by atoms with van der Waals surface area (Å²) < 4.78 is 36.5. The smallest absolute Gasteiger partial charge is 0.394 e. The van der Waals surface area contributed by atoms with Gasteiger partial charge in [-0.25, -0.2) is 0 Å². The molecule has 2 nitrogen and oxygen atoms in total. The Morgan fingerprint density at radius 3 is 2.07 bits per heavy atom. The maximum atomic E-state index is 12.2. The Kier molecular flexibility index (Phi) is 3.71. The lowest BCUT2D eigenvalue weighted by molar-refractivity contribution is -0.137. The SMILES string of the molecule is OCC(O)Cc1ccc(C(F)(F)F)cc1. The van der Waals surface area contributed by atoms with Crippen molar-refractivity contribution in [2.45, 2.75) is 18.7 Å². The summed E-state index contributed by atoms with van der Waals surface area (Å²) in [5.74, 6) is 0. The summed E-state index contributed by atoms with van der Waals surface area (Å²) in [4.78, 5) is 0. The normalized spacial score (nSPS) is 13.9. The Labute approximate surface area is 85.0 Å². The molecule has 0 amide bonds. The molecular formula is C10H11F3O2. The summed E-state index contributed by atoms with van der Waals surface area (Å²) in [5.41, 5.74) is -0.158. The van der Waals surface area contributed by atoms with Crippen molar-refractivity contribution in [2.24, 2.45) is 0 Å². The first-order valence-electron chi connectivity index (χ1n) is 4.38. The maximum Gasteiger partial charge on any atom is 0.416 e. The van der Waals surface area contributed by atoms with Crippen molar-refractivity contribution in [3.63, 3.8) is 0 Å². The molecule has 15 heavy (non-hydrogen) atoms. The molecule has 0 aliphatic carbocycles. The Balaban J connectivity index is 2.73. The quantitative estimate of drug-likeness (QED) is 0.812. The molecule has 0 aromatic heterocycles. The van der Waals surface area contributed by atoms with Gasteiger partial charge in [0, 0.05) is 6.42 Å². The largest absolute Gasteiger partial charge is 0.416 e. The van der Waals surface area contributed by atoms with E-state index in [2.05, 4.69) is 0 Å². The fourth-order valence-electron chi connectivity index (χ4n) is 1.17. The van der Waals surface area contributed by atoms with E-state index in [9.17, 15) is 13.2 Å². The molecule has 1 aromatic rings. The number of aliphatic hydroxyl groups is 2. The minimum atomic E-state index is -4.34. The lowest BCUT2D eigenvalue weighted by atomic mass is 10.1. The molecule has 0 saturated carbocycles. The Hall–Kier alpha value is -1.07. The van der Waals surface area contributed by atoms with E-state index in [1.807, 2.05) is 0 Å². The van der Waals surface area contributed by atoms with E-state index in [0.717, 1.165) is 12.1 Å². The third-order valence-corrected chi connectivity index (χ3v) is 1.96. The standard InChI is InChI=1S/C10H11F3O2/c11-10(12,13)8-3-1-7(2-4-8)5-9(15)6-14/h1-4,9,14-15H,5-6H2. The van der Waals surface area contributed by atoms with E-state index in [4.69, 9.17) is 10.2 Å². The van der Waals surface area contributed by atoms with Gasteiger partial charge in [0.2, 0.25) is 0 Å². The van der Waals surface area contributed by atoms with Gasteiger partial charge >= 0.3 is 6.18 Å². The highest BCUT2D eigenvalue weighted by atomic mass is 19.4. The second kappa shape index (κ2) is 4.63. The molecule has 0 heterocycles. The van der Waals surface area contributed by atoms with Crippen LogP contribution in [0.15, 0.2) is 24.3 Å². The second-order valence-electron chi connectivity index (χ2n) is 3.24. The van der Waals surface area contributed by atoms with Gasteiger partial charge in [-0.1, -0.05) is 12.1 Å². The van der Waals surface area contributed by atoms with E-state index in [-0.39, 0.29) is 6.42 Å².